The molecular weight excluding hydrogens is 356 g/mol. The minimum Gasteiger partial charge on any atom is -0.462 e. The number of aliphatic hydroxyl groups excluding tert-OH is 2. The van der Waals surface area contributed by atoms with Crippen molar-refractivity contribution in [2.24, 2.45) is 11.7 Å². The summed E-state index contributed by atoms with van der Waals surface area (Å²) >= 11 is 0. The summed E-state index contributed by atoms with van der Waals surface area (Å²) in [5.74, 6) is -0.140. The quantitative estimate of drug-likeness (QED) is 0.453. The van der Waals surface area contributed by atoms with Crippen LogP contribution >= 0.6 is 0 Å². The van der Waals surface area contributed by atoms with E-state index in [9.17, 15) is 15.0 Å². The van der Waals surface area contributed by atoms with E-state index in [0.717, 1.165) is 0 Å². The maximum atomic E-state index is 12.0. The van der Waals surface area contributed by atoms with Crippen molar-refractivity contribution in [2.45, 2.75) is 50.8 Å². The van der Waals surface area contributed by atoms with Crippen molar-refractivity contribution in [3.05, 3.63) is 12.7 Å². The number of rotatable bonds is 6. The van der Waals surface area contributed by atoms with Gasteiger partial charge in [0.25, 0.3) is 0 Å². The molecule has 1 saturated heterocycles. The van der Waals surface area contributed by atoms with E-state index < -0.39 is 36.6 Å². The average Bonchev–Trinajstić information content (AvgIpc) is 3.16. The Bertz CT molecular complexity index is 812. The Labute approximate surface area is 155 Å². The van der Waals surface area contributed by atoms with Gasteiger partial charge in [0.1, 0.15) is 42.8 Å². The number of hydrogen-bond donors (Lipinski definition) is 4. The van der Waals surface area contributed by atoms with Gasteiger partial charge in [-0.25, -0.2) is 15.0 Å². The molecule has 0 radical (unpaired) electrons. The summed E-state index contributed by atoms with van der Waals surface area (Å²) in [6.07, 6.45) is -1.27. The van der Waals surface area contributed by atoms with Gasteiger partial charge in [0, 0.05) is 0 Å². The molecule has 11 nitrogen and oxygen atoms in total. The largest absolute Gasteiger partial charge is 0.462 e. The van der Waals surface area contributed by atoms with Crippen LogP contribution in [-0.2, 0) is 14.3 Å². The number of nitrogen functional groups attached to an aromatic ring is 1. The van der Waals surface area contributed by atoms with Crippen LogP contribution in [0.25, 0.3) is 11.2 Å². The van der Waals surface area contributed by atoms with Gasteiger partial charge in [0.05, 0.1) is 6.33 Å². The van der Waals surface area contributed by atoms with Gasteiger partial charge in [-0.05, 0) is 12.3 Å². The second-order valence-corrected chi connectivity index (χ2v) is 7.00. The van der Waals surface area contributed by atoms with Gasteiger partial charge in [0.2, 0.25) is 0 Å². The highest BCUT2D eigenvalue weighted by Gasteiger charge is 2.45. The summed E-state index contributed by atoms with van der Waals surface area (Å²) in [5, 5.41) is 20.6. The second-order valence-electron chi connectivity index (χ2n) is 7.00. The third-order valence-corrected chi connectivity index (χ3v) is 4.42. The molecule has 148 valence electrons. The standard InChI is InChI=1S/C16H24N6O5/c1-7(2)3-8(17)16(25)26-4-9-11(23)12(24)15(27-9)22-6-21-10-13(18)19-5-20-14(10)22/h5-9,11-12,15,23-24H,3-4,17H2,1-2H3,(H2,18,19,20)/t8-,9-,11+,12-,15-/m1/s1. The van der Waals surface area contributed by atoms with Crippen LogP contribution in [0.3, 0.4) is 0 Å². The van der Waals surface area contributed by atoms with Crippen LogP contribution in [0, 0.1) is 5.92 Å². The Morgan fingerprint density at radius 3 is 2.78 bits per heavy atom. The molecule has 27 heavy (non-hydrogen) atoms. The number of fused-ring (bicyclic) bond motifs is 1. The summed E-state index contributed by atoms with van der Waals surface area (Å²) in [6, 6.07) is -0.749. The van der Waals surface area contributed by atoms with E-state index in [1.807, 2.05) is 13.8 Å². The first-order valence-corrected chi connectivity index (χ1v) is 8.66. The molecule has 0 bridgehead atoms. The zero-order valence-electron chi connectivity index (χ0n) is 15.1. The molecule has 3 heterocycles. The summed E-state index contributed by atoms with van der Waals surface area (Å²) in [6.45, 7) is 3.66. The lowest BCUT2D eigenvalue weighted by Gasteiger charge is -2.17. The highest BCUT2D eigenvalue weighted by molar-refractivity contribution is 5.81. The molecule has 5 atom stereocenters. The number of nitrogens with zero attached hydrogens (tertiary/aromatic N) is 4. The van der Waals surface area contributed by atoms with Crippen LogP contribution in [0.5, 0.6) is 0 Å². The second kappa shape index (κ2) is 7.72. The van der Waals surface area contributed by atoms with Crippen molar-refractivity contribution in [2.75, 3.05) is 12.3 Å². The fourth-order valence-corrected chi connectivity index (χ4v) is 3.03. The SMILES string of the molecule is CC(C)C[C@@H](N)C(=O)OC[C@H]1O[C@@H](n2cnc3c(N)ncnc32)[C@H](O)[C@H]1O. The number of carbonyl (C=O) groups is 1. The third-order valence-electron chi connectivity index (χ3n) is 4.42. The van der Waals surface area contributed by atoms with Crippen molar-refractivity contribution in [3.8, 4) is 0 Å². The Balaban J connectivity index is 1.69. The van der Waals surface area contributed by atoms with E-state index >= 15 is 0 Å². The monoisotopic (exact) mass is 380 g/mol. The first-order chi connectivity index (χ1) is 12.8. The van der Waals surface area contributed by atoms with Gasteiger partial charge in [-0.3, -0.25) is 9.36 Å². The highest BCUT2D eigenvalue weighted by atomic mass is 16.6. The normalized spacial score (nSPS) is 26.6. The molecule has 11 heteroatoms. The smallest absolute Gasteiger partial charge is 0.323 e. The fourth-order valence-electron chi connectivity index (χ4n) is 3.03. The molecule has 1 fully saturated rings. The number of esters is 1. The summed E-state index contributed by atoms with van der Waals surface area (Å²) < 4.78 is 12.3. The maximum absolute atomic E-state index is 12.0. The van der Waals surface area contributed by atoms with Crippen LogP contribution in [-0.4, -0.2) is 66.7 Å². The van der Waals surface area contributed by atoms with Crippen LogP contribution in [0.15, 0.2) is 12.7 Å². The van der Waals surface area contributed by atoms with E-state index in [1.165, 1.54) is 17.2 Å². The lowest BCUT2D eigenvalue weighted by molar-refractivity contribution is -0.152. The Morgan fingerprint density at radius 1 is 1.33 bits per heavy atom. The predicted octanol–water partition coefficient (Wildman–Crippen LogP) is -1.06. The van der Waals surface area contributed by atoms with E-state index in [4.69, 9.17) is 20.9 Å². The molecule has 0 saturated carbocycles. The molecule has 2 aromatic heterocycles. The zero-order valence-corrected chi connectivity index (χ0v) is 15.1. The van der Waals surface area contributed by atoms with E-state index in [0.29, 0.717) is 17.6 Å². The molecule has 1 aliphatic heterocycles. The Hall–Kier alpha value is -2.34. The van der Waals surface area contributed by atoms with Crippen molar-refractivity contribution in [1.82, 2.24) is 19.5 Å². The van der Waals surface area contributed by atoms with Crippen molar-refractivity contribution in [1.29, 1.82) is 0 Å². The number of nitrogens with two attached hydrogens (primary N) is 2. The van der Waals surface area contributed by atoms with Gasteiger partial charge in [-0.15, -0.1) is 0 Å². The number of anilines is 1. The van der Waals surface area contributed by atoms with Crippen LogP contribution < -0.4 is 11.5 Å². The number of carbonyl (C=O) groups excluding carboxylic acids is 1. The minimum absolute atomic E-state index is 0.191. The molecule has 0 amide bonds. The Morgan fingerprint density at radius 2 is 2.07 bits per heavy atom. The molecule has 0 aliphatic carbocycles. The fraction of sp³-hybridized carbons (Fsp3) is 0.625. The maximum Gasteiger partial charge on any atom is 0.323 e. The topological polar surface area (TPSA) is 172 Å². The molecule has 0 aromatic carbocycles. The lowest BCUT2D eigenvalue weighted by Crippen LogP contribution is -2.38. The molecular formula is C16H24N6O5. The van der Waals surface area contributed by atoms with Crippen LogP contribution in [0.1, 0.15) is 26.5 Å². The summed E-state index contributed by atoms with van der Waals surface area (Å²) in [7, 11) is 0. The van der Waals surface area contributed by atoms with E-state index in [-0.39, 0.29) is 18.3 Å². The summed E-state index contributed by atoms with van der Waals surface area (Å²) in [5.41, 5.74) is 12.2. The Kier molecular flexibility index (Phi) is 5.56. The highest BCUT2D eigenvalue weighted by Crippen LogP contribution is 2.32. The molecule has 2 aromatic rings. The van der Waals surface area contributed by atoms with Crippen LogP contribution in [0.4, 0.5) is 5.82 Å². The van der Waals surface area contributed by atoms with Crippen molar-refractivity contribution in [3.63, 3.8) is 0 Å². The zero-order chi connectivity index (χ0) is 19.7. The first kappa shape index (κ1) is 19.4. The number of ether oxygens (including phenoxy) is 2. The van der Waals surface area contributed by atoms with E-state index in [2.05, 4.69) is 15.0 Å². The van der Waals surface area contributed by atoms with Gasteiger partial charge in [-0.2, -0.15) is 0 Å². The molecule has 6 N–H and O–H groups in total. The lowest BCUT2D eigenvalue weighted by atomic mass is 10.1. The molecule has 0 spiro atoms. The molecule has 0 unspecified atom stereocenters. The third kappa shape index (κ3) is 3.86. The van der Waals surface area contributed by atoms with Gasteiger partial charge in [-0.1, -0.05) is 13.8 Å². The minimum atomic E-state index is -1.27. The van der Waals surface area contributed by atoms with E-state index in [1.54, 1.807) is 0 Å². The van der Waals surface area contributed by atoms with Crippen molar-refractivity contribution >= 4 is 23.0 Å². The van der Waals surface area contributed by atoms with Gasteiger partial charge in [0.15, 0.2) is 17.7 Å². The summed E-state index contributed by atoms with van der Waals surface area (Å²) in [4.78, 5) is 24.0. The number of aliphatic hydroxyl groups is 2. The molecule has 3 rings (SSSR count). The number of aromatic nitrogens is 4. The van der Waals surface area contributed by atoms with Crippen molar-refractivity contribution < 1.29 is 24.5 Å². The van der Waals surface area contributed by atoms with Gasteiger partial charge >= 0.3 is 5.97 Å². The number of imidazole rings is 1. The first-order valence-electron chi connectivity index (χ1n) is 8.66. The molecule has 1 aliphatic rings. The van der Waals surface area contributed by atoms with Gasteiger partial charge < -0.3 is 31.2 Å². The average molecular weight is 380 g/mol. The number of hydrogen-bond acceptors (Lipinski definition) is 10. The van der Waals surface area contributed by atoms with Crippen LogP contribution in [0.2, 0.25) is 0 Å². The predicted molar refractivity (Wildman–Crippen MR) is 94.0 cm³/mol.